The molecule has 0 aliphatic rings. The standard InChI is InChI=1S/C14H24N2O2S/c1-18-13-9-10-14(17)16(15-13)11-7-5-3-2-4-6-8-12-19/h9-10,19H,2-8,11-12H2,1H3. The Labute approximate surface area is 120 Å². The molecule has 0 bridgehead atoms. The summed E-state index contributed by atoms with van der Waals surface area (Å²) in [5.74, 6) is 1.48. The van der Waals surface area contributed by atoms with Crippen LogP contribution in [0.4, 0.5) is 0 Å². The monoisotopic (exact) mass is 284 g/mol. The first kappa shape index (κ1) is 16.1. The van der Waals surface area contributed by atoms with Crippen LogP contribution in [0.25, 0.3) is 0 Å². The fourth-order valence-electron chi connectivity index (χ4n) is 1.96. The molecule has 19 heavy (non-hydrogen) atoms. The predicted molar refractivity (Wildman–Crippen MR) is 81.2 cm³/mol. The number of nitrogens with zero attached hydrogens (tertiary/aromatic N) is 2. The van der Waals surface area contributed by atoms with Crippen molar-refractivity contribution in [1.29, 1.82) is 0 Å². The highest BCUT2D eigenvalue weighted by atomic mass is 32.1. The number of rotatable bonds is 10. The van der Waals surface area contributed by atoms with E-state index in [0.717, 1.165) is 18.6 Å². The largest absolute Gasteiger partial charge is 0.480 e. The molecule has 0 aliphatic heterocycles. The summed E-state index contributed by atoms with van der Waals surface area (Å²) in [4.78, 5) is 11.6. The summed E-state index contributed by atoms with van der Waals surface area (Å²) in [6.07, 6.45) is 8.42. The highest BCUT2D eigenvalue weighted by Gasteiger charge is 2.00. The van der Waals surface area contributed by atoms with Crippen molar-refractivity contribution in [3.63, 3.8) is 0 Å². The number of methoxy groups -OCH3 is 1. The van der Waals surface area contributed by atoms with Gasteiger partial charge in [0.05, 0.1) is 7.11 Å². The van der Waals surface area contributed by atoms with Gasteiger partial charge >= 0.3 is 0 Å². The van der Waals surface area contributed by atoms with Crippen molar-refractivity contribution in [2.45, 2.75) is 51.5 Å². The Morgan fingerprint density at radius 3 is 2.37 bits per heavy atom. The summed E-state index contributed by atoms with van der Waals surface area (Å²) >= 11 is 4.20. The normalized spacial score (nSPS) is 10.6. The number of ether oxygens (including phenoxy) is 1. The van der Waals surface area contributed by atoms with Crippen molar-refractivity contribution in [2.75, 3.05) is 12.9 Å². The highest BCUT2D eigenvalue weighted by molar-refractivity contribution is 7.80. The lowest BCUT2D eigenvalue weighted by molar-refractivity contribution is 0.372. The van der Waals surface area contributed by atoms with Gasteiger partial charge in [-0.25, -0.2) is 4.68 Å². The lowest BCUT2D eigenvalue weighted by atomic mass is 10.1. The van der Waals surface area contributed by atoms with Gasteiger partial charge in [-0.15, -0.1) is 5.10 Å². The molecule has 4 nitrogen and oxygen atoms in total. The van der Waals surface area contributed by atoms with E-state index in [1.807, 2.05) is 0 Å². The fraction of sp³-hybridized carbons (Fsp3) is 0.714. The van der Waals surface area contributed by atoms with Crippen LogP contribution in [0.15, 0.2) is 16.9 Å². The Kier molecular flexibility index (Phi) is 8.38. The molecule has 0 aliphatic carbocycles. The predicted octanol–water partition coefficient (Wildman–Crippen LogP) is 2.91. The van der Waals surface area contributed by atoms with E-state index in [2.05, 4.69) is 17.7 Å². The maximum absolute atomic E-state index is 11.6. The summed E-state index contributed by atoms with van der Waals surface area (Å²) in [5.41, 5.74) is -0.0606. The van der Waals surface area contributed by atoms with E-state index in [0.29, 0.717) is 12.4 Å². The average Bonchev–Trinajstić information content (AvgIpc) is 2.43. The Balaban J connectivity index is 2.17. The van der Waals surface area contributed by atoms with Crippen molar-refractivity contribution in [3.05, 3.63) is 22.5 Å². The van der Waals surface area contributed by atoms with Gasteiger partial charge in [0.15, 0.2) is 0 Å². The molecule has 0 unspecified atom stereocenters. The number of aromatic nitrogens is 2. The molecular formula is C14H24N2O2S. The Morgan fingerprint density at radius 2 is 1.74 bits per heavy atom. The second-order valence-corrected chi connectivity index (χ2v) is 5.08. The highest BCUT2D eigenvalue weighted by Crippen LogP contribution is 2.08. The van der Waals surface area contributed by atoms with Gasteiger partial charge < -0.3 is 4.74 Å². The fourth-order valence-corrected chi connectivity index (χ4v) is 2.18. The maximum atomic E-state index is 11.6. The topological polar surface area (TPSA) is 44.1 Å². The summed E-state index contributed by atoms with van der Waals surface area (Å²) in [7, 11) is 1.56. The second-order valence-electron chi connectivity index (χ2n) is 4.64. The summed E-state index contributed by atoms with van der Waals surface area (Å²) in [6.45, 7) is 0.673. The Hall–Kier alpha value is -0.970. The molecule has 0 amide bonds. The van der Waals surface area contributed by atoms with Crippen LogP contribution in [-0.4, -0.2) is 22.6 Å². The van der Waals surface area contributed by atoms with Gasteiger partial charge in [-0.3, -0.25) is 4.79 Å². The molecule has 0 N–H and O–H groups in total. The van der Waals surface area contributed by atoms with E-state index in [4.69, 9.17) is 4.74 Å². The number of hydrogen-bond acceptors (Lipinski definition) is 4. The van der Waals surface area contributed by atoms with E-state index < -0.39 is 0 Å². The second kappa shape index (κ2) is 9.89. The first-order valence-corrected chi connectivity index (χ1v) is 7.64. The number of unbranched alkanes of at least 4 members (excludes halogenated alkanes) is 6. The third-order valence-electron chi connectivity index (χ3n) is 3.08. The van der Waals surface area contributed by atoms with E-state index in [1.54, 1.807) is 13.2 Å². The van der Waals surface area contributed by atoms with Gasteiger partial charge in [-0.1, -0.05) is 32.1 Å². The third-order valence-corrected chi connectivity index (χ3v) is 3.40. The van der Waals surface area contributed by atoms with Gasteiger partial charge in [0, 0.05) is 18.7 Å². The quantitative estimate of drug-likeness (QED) is 0.531. The molecule has 0 spiro atoms. The molecule has 0 fully saturated rings. The molecule has 108 valence electrons. The SMILES string of the molecule is COc1ccc(=O)n(CCCCCCCCCS)n1. The zero-order chi connectivity index (χ0) is 13.9. The summed E-state index contributed by atoms with van der Waals surface area (Å²) in [6, 6.07) is 3.10. The minimum absolute atomic E-state index is 0.0606. The molecular weight excluding hydrogens is 260 g/mol. The minimum atomic E-state index is -0.0606. The lowest BCUT2D eigenvalue weighted by Gasteiger charge is -2.06. The van der Waals surface area contributed by atoms with Crippen LogP contribution in [0.2, 0.25) is 0 Å². The van der Waals surface area contributed by atoms with Crippen LogP contribution in [0.3, 0.4) is 0 Å². The molecule has 1 heterocycles. The van der Waals surface area contributed by atoms with Crippen molar-refractivity contribution in [3.8, 4) is 5.88 Å². The van der Waals surface area contributed by atoms with E-state index in [1.165, 1.54) is 42.9 Å². The molecule has 0 saturated heterocycles. The van der Waals surface area contributed by atoms with E-state index in [9.17, 15) is 4.79 Å². The molecule has 1 aromatic heterocycles. The number of aryl methyl sites for hydroxylation is 1. The molecule has 0 radical (unpaired) electrons. The van der Waals surface area contributed by atoms with Crippen molar-refractivity contribution in [1.82, 2.24) is 9.78 Å². The van der Waals surface area contributed by atoms with Crippen LogP contribution in [0.5, 0.6) is 5.88 Å². The summed E-state index contributed by atoms with van der Waals surface area (Å²) < 4.78 is 6.50. The van der Waals surface area contributed by atoms with Crippen LogP contribution >= 0.6 is 12.6 Å². The van der Waals surface area contributed by atoms with E-state index in [-0.39, 0.29) is 5.56 Å². The Bertz CT molecular complexity index is 407. The molecule has 0 atom stereocenters. The van der Waals surface area contributed by atoms with Gasteiger partial charge in [0.1, 0.15) is 0 Å². The summed E-state index contributed by atoms with van der Waals surface area (Å²) in [5, 5.41) is 4.12. The first-order valence-electron chi connectivity index (χ1n) is 7.01. The van der Waals surface area contributed by atoms with Gasteiger partial charge in [0.25, 0.3) is 5.56 Å². The van der Waals surface area contributed by atoms with Crippen molar-refractivity contribution in [2.24, 2.45) is 0 Å². The maximum Gasteiger partial charge on any atom is 0.266 e. The Morgan fingerprint density at radius 1 is 1.11 bits per heavy atom. The van der Waals surface area contributed by atoms with Crippen LogP contribution in [0, 0.1) is 0 Å². The molecule has 0 aromatic carbocycles. The zero-order valence-corrected chi connectivity index (χ0v) is 12.6. The van der Waals surface area contributed by atoms with Crippen molar-refractivity contribution < 1.29 is 4.74 Å². The molecule has 5 heteroatoms. The smallest absolute Gasteiger partial charge is 0.266 e. The van der Waals surface area contributed by atoms with Crippen LogP contribution < -0.4 is 10.3 Å². The average molecular weight is 284 g/mol. The van der Waals surface area contributed by atoms with Gasteiger partial charge in [0.2, 0.25) is 5.88 Å². The van der Waals surface area contributed by atoms with Gasteiger partial charge in [-0.05, 0) is 18.6 Å². The molecule has 1 rings (SSSR count). The zero-order valence-electron chi connectivity index (χ0n) is 11.7. The number of hydrogen-bond donors (Lipinski definition) is 1. The molecule has 0 saturated carbocycles. The molecule has 1 aromatic rings. The lowest BCUT2D eigenvalue weighted by Crippen LogP contribution is -2.22. The van der Waals surface area contributed by atoms with Gasteiger partial charge in [-0.2, -0.15) is 12.6 Å². The van der Waals surface area contributed by atoms with Crippen LogP contribution in [0.1, 0.15) is 44.9 Å². The minimum Gasteiger partial charge on any atom is -0.480 e. The first-order chi connectivity index (χ1) is 9.27. The van der Waals surface area contributed by atoms with E-state index >= 15 is 0 Å². The number of thiol groups is 1. The van der Waals surface area contributed by atoms with Crippen LogP contribution in [-0.2, 0) is 6.54 Å². The third kappa shape index (κ3) is 6.66. The van der Waals surface area contributed by atoms with Crippen molar-refractivity contribution >= 4 is 12.6 Å².